The zero-order chi connectivity index (χ0) is 13.7. The minimum Gasteiger partial charge on any atom is -0.465 e. The van der Waals surface area contributed by atoms with Crippen LogP contribution in [0, 0.1) is 0 Å². The molecule has 2 aromatic carbocycles. The zero-order valence-corrected chi connectivity index (χ0v) is 12.3. The van der Waals surface area contributed by atoms with Gasteiger partial charge in [-0.1, -0.05) is 70.5 Å². The highest BCUT2D eigenvalue weighted by Gasteiger charge is 2.17. The fraction of sp³-hybridized carbons (Fsp3) is 0.188. The van der Waals surface area contributed by atoms with Gasteiger partial charge in [0.2, 0.25) is 0 Å². The Morgan fingerprint density at radius 3 is 2.21 bits per heavy atom. The van der Waals surface area contributed by atoms with Gasteiger partial charge in [-0.3, -0.25) is 4.79 Å². The molecule has 0 aliphatic rings. The van der Waals surface area contributed by atoms with Crippen LogP contribution in [-0.2, 0) is 9.53 Å². The molecule has 0 radical (unpaired) electrons. The van der Waals surface area contributed by atoms with E-state index in [1.54, 1.807) is 6.92 Å². The molecule has 0 amide bonds. The summed E-state index contributed by atoms with van der Waals surface area (Å²) in [5, 5.41) is 0. The largest absolute Gasteiger partial charge is 0.465 e. The van der Waals surface area contributed by atoms with Crippen LogP contribution in [0.15, 0.2) is 54.6 Å². The molecule has 0 spiro atoms. The lowest BCUT2D eigenvalue weighted by molar-refractivity contribution is -0.142. The maximum atomic E-state index is 11.6. The van der Waals surface area contributed by atoms with Gasteiger partial charge in [0.05, 0.1) is 6.61 Å². The molecule has 0 aromatic heterocycles. The normalized spacial score (nSPS) is 11.9. The number of halogens is 1. The quantitative estimate of drug-likeness (QED) is 0.618. The Kier molecular flexibility index (Phi) is 4.74. The number of alkyl halides is 1. The molecule has 0 saturated carbocycles. The number of esters is 1. The van der Waals surface area contributed by atoms with Crippen molar-refractivity contribution in [3.05, 3.63) is 60.2 Å². The molecule has 3 heteroatoms. The first kappa shape index (κ1) is 13.8. The van der Waals surface area contributed by atoms with Crippen LogP contribution in [0.5, 0.6) is 0 Å². The maximum Gasteiger partial charge on any atom is 0.324 e. The van der Waals surface area contributed by atoms with Crippen molar-refractivity contribution in [2.24, 2.45) is 0 Å². The first-order chi connectivity index (χ1) is 9.22. The SMILES string of the molecule is CCOC(=O)[C@H](Br)c1ccc(-c2ccccc2)cc1. The molecule has 19 heavy (non-hydrogen) atoms. The fourth-order valence-electron chi connectivity index (χ4n) is 1.83. The molecule has 0 aliphatic heterocycles. The topological polar surface area (TPSA) is 26.3 Å². The Balaban J connectivity index is 2.17. The predicted octanol–water partition coefficient (Wildman–Crippen LogP) is 4.35. The van der Waals surface area contributed by atoms with E-state index in [0.717, 1.165) is 16.7 Å². The van der Waals surface area contributed by atoms with Crippen molar-refractivity contribution < 1.29 is 9.53 Å². The van der Waals surface area contributed by atoms with Gasteiger partial charge in [-0.25, -0.2) is 0 Å². The van der Waals surface area contributed by atoms with E-state index >= 15 is 0 Å². The molecule has 0 bridgehead atoms. The second-order valence-electron chi connectivity index (χ2n) is 4.10. The summed E-state index contributed by atoms with van der Waals surface area (Å²) in [5.74, 6) is -0.255. The third-order valence-electron chi connectivity index (χ3n) is 2.80. The van der Waals surface area contributed by atoms with Crippen LogP contribution in [0.3, 0.4) is 0 Å². The third kappa shape index (κ3) is 3.44. The molecular formula is C16H15BrO2. The Morgan fingerprint density at radius 2 is 1.63 bits per heavy atom. The maximum absolute atomic E-state index is 11.6. The van der Waals surface area contributed by atoms with Crippen molar-refractivity contribution in [2.75, 3.05) is 6.61 Å². The van der Waals surface area contributed by atoms with Gasteiger partial charge >= 0.3 is 5.97 Å². The Hall–Kier alpha value is -1.61. The number of ether oxygens (including phenoxy) is 1. The van der Waals surface area contributed by atoms with Gasteiger partial charge in [0.1, 0.15) is 4.83 Å². The van der Waals surface area contributed by atoms with E-state index in [1.165, 1.54) is 0 Å². The Morgan fingerprint density at radius 1 is 1.05 bits per heavy atom. The van der Waals surface area contributed by atoms with Crippen molar-refractivity contribution in [1.82, 2.24) is 0 Å². The summed E-state index contributed by atoms with van der Waals surface area (Å²) in [6, 6.07) is 18.0. The first-order valence-corrected chi connectivity index (χ1v) is 7.10. The molecule has 0 fully saturated rings. The van der Waals surface area contributed by atoms with E-state index in [-0.39, 0.29) is 5.97 Å². The smallest absolute Gasteiger partial charge is 0.324 e. The lowest BCUT2D eigenvalue weighted by atomic mass is 10.0. The molecule has 1 atom stereocenters. The zero-order valence-electron chi connectivity index (χ0n) is 10.7. The van der Waals surface area contributed by atoms with E-state index < -0.39 is 4.83 Å². The van der Waals surface area contributed by atoms with E-state index in [4.69, 9.17) is 4.74 Å². The molecule has 0 heterocycles. The Bertz CT molecular complexity index is 534. The molecule has 0 unspecified atom stereocenters. The van der Waals surface area contributed by atoms with Gasteiger partial charge in [0.25, 0.3) is 0 Å². The number of hydrogen-bond acceptors (Lipinski definition) is 2. The molecule has 98 valence electrons. The monoisotopic (exact) mass is 318 g/mol. The second kappa shape index (κ2) is 6.53. The number of rotatable bonds is 4. The second-order valence-corrected chi connectivity index (χ2v) is 5.02. The minimum atomic E-state index is -0.405. The minimum absolute atomic E-state index is 0.255. The summed E-state index contributed by atoms with van der Waals surface area (Å²) in [6.07, 6.45) is 0. The number of carbonyl (C=O) groups excluding carboxylic acids is 1. The summed E-state index contributed by atoms with van der Waals surface area (Å²) in [5.41, 5.74) is 3.20. The lowest BCUT2D eigenvalue weighted by Gasteiger charge is -2.10. The van der Waals surface area contributed by atoms with E-state index in [9.17, 15) is 4.79 Å². The van der Waals surface area contributed by atoms with E-state index in [0.29, 0.717) is 6.61 Å². The number of benzene rings is 2. The van der Waals surface area contributed by atoms with Crippen LogP contribution in [-0.4, -0.2) is 12.6 Å². The van der Waals surface area contributed by atoms with Gasteiger partial charge in [-0.15, -0.1) is 0 Å². The molecule has 2 aromatic rings. The highest BCUT2D eigenvalue weighted by Crippen LogP contribution is 2.27. The lowest BCUT2D eigenvalue weighted by Crippen LogP contribution is -2.10. The molecule has 2 rings (SSSR count). The first-order valence-electron chi connectivity index (χ1n) is 6.18. The van der Waals surface area contributed by atoms with E-state index in [2.05, 4.69) is 28.1 Å². The standard InChI is InChI=1S/C16H15BrO2/c1-2-19-16(18)15(17)14-10-8-13(9-11-14)12-6-4-3-5-7-12/h3-11,15H,2H2,1H3/t15-/m1/s1. The molecule has 0 aliphatic carbocycles. The van der Waals surface area contributed by atoms with Crippen LogP contribution in [0.2, 0.25) is 0 Å². The van der Waals surface area contributed by atoms with Gasteiger partial charge in [0.15, 0.2) is 0 Å². The molecular weight excluding hydrogens is 304 g/mol. The van der Waals surface area contributed by atoms with Gasteiger partial charge in [0, 0.05) is 0 Å². The van der Waals surface area contributed by atoms with Gasteiger partial charge in [-0.05, 0) is 23.6 Å². The summed E-state index contributed by atoms with van der Waals surface area (Å²) < 4.78 is 4.99. The van der Waals surface area contributed by atoms with Crippen LogP contribution in [0.4, 0.5) is 0 Å². The number of hydrogen-bond donors (Lipinski definition) is 0. The van der Waals surface area contributed by atoms with Crippen molar-refractivity contribution in [3.8, 4) is 11.1 Å². The summed E-state index contributed by atoms with van der Waals surface area (Å²) >= 11 is 3.36. The highest BCUT2D eigenvalue weighted by atomic mass is 79.9. The van der Waals surface area contributed by atoms with Crippen molar-refractivity contribution in [2.45, 2.75) is 11.8 Å². The average Bonchev–Trinajstić information content (AvgIpc) is 2.48. The molecule has 2 nitrogen and oxygen atoms in total. The highest BCUT2D eigenvalue weighted by molar-refractivity contribution is 9.09. The summed E-state index contributed by atoms with van der Waals surface area (Å²) in [7, 11) is 0. The predicted molar refractivity (Wildman–Crippen MR) is 80.2 cm³/mol. The van der Waals surface area contributed by atoms with Gasteiger partial charge in [-0.2, -0.15) is 0 Å². The fourth-order valence-corrected chi connectivity index (χ4v) is 2.26. The van der Waals surface area contributed by atoms with Crippen LogP contribution < -0.4 is 0 Å². The van der Waals surface area contributed by atoms with Gasteiger partial charge < -0.3 is 4.74 Å². The summed E-state index contributed by atoms with van der Waals surface area (Å²) in [4.78, 5) is 11.2. The average molecular weight is 319 g/mol. The van der Waals surface area contributed by atoms with E-state index in [1.807, 2.05) is 42.5 Å². The Labute approximate surface area is 121 Å². The summed E-state index contributed by atoms with van der Waals surface area (Å²) in [6.45, 7) is 2.19. The number of carbonyl (C=O) groups is 1. The van der Waals surface area contributed by atoms with Crippen LogP contribution in [0.25, 0.3) is 11.1 Å². The van der Waals surface area contributed by atoms with Crippen molar-refractivity contribution in [1.29, 1.82) is 0 Å². The molecule has 0 N–H and O–H groups in total. The van der Waals surface area contributed by atoms with Crippen molar-refractivity contribution in [3.63, 3.8) is 0 Å². The van der Waals surface area contributed by atoms with Crippen LogP contribution in [0.1, 0.15) is 17.3 Å². The third-order valence-corrected chi connectivity index (χ3v) is 3.71. The molecule has 0 saturated heterocycles. The van der Waals surface area contributed by atoms with Crippen molar-refractivity contribution >= 4 is 21.9 Å². The van der Waals surface area contributed by atoms with Crippen LogP contribution >= 0.6 is 15.9 Å².